The highest BCUT2D eigenvalue weighted by molar-refractivity contribution is 7.99. The maximum Gasteiger partial charge on any atom is 0.188 e. The van der Waals surface area contributed by atoms with E-state index in [1.54, 1.807) is 7.11 Å². The minimum atomic E-state index is 0.331. The lowest BCUT2D eigenvalue weighted by Crippen LogP contribution is -1.92. The Bertz CT molecular complexity index is 534. The summed E-state index contributed by atoms with van der Waals surface area (Å²) in [6, 6.07) is 8.16. The minimum Gasteiger partial charge on any atom is -0.491 e. The Labute approximate surface area is 109 Å². The van der Waals surface area contributed by atoms with Crippen molar-refractivity contribution in [3.8, 4) is 5.75 Å². The Balaban J connectivity index is 2.33. The van der Waals surface area contributed by atoms with Gasteiger partial charge < -0.3 is 4.74 Å². The van der Waals surface area contributed by atoms with Crippen molar-refractivity contribution in [2.75, 3.05) is 7.11 Å². The number of aromatic nitrogens is 2. The van der Waals surface area contributed by atoms with E-state index in [-0.39, 0.29) is 0 Å². The monoisotopic (exact) mass is 266 g/mol. The predicted octanol–water partition coefficient (Wildman–Crippen LogP) is 3.60. The number of benzene rings is 1. The van der Waals surface area contributed by atoms with E-state index in [1.807, 2.05) is 25.1 Å². The van der Waals surface area contributed by atoms with Crippen LogP contribution in [0.1, 0.15) is 5.56 Å². The third kappa shape index (κ3) is 2.90. The van der Waals surface area contributed by atoms with Crippen molar-refractivity contribution in [3.63, 3.8) is 0 Å². The standard InChI is InChI=1S/C12H11ClN2OS/c1-8-4-3-5-9(6-8)17-12-10(16-2)11(13)14-7-15-12/h3-7H,1-2H3. The fourth-order valence-corrected chi connectivity index (χ4v) is 2.63. The zero-order chi connectivity index (χ0) is 12.3. The van der Waals surface area contributed by atoms with Crippen LogP contribution in [0, 0.1) is 6.92 Å². The third-order valence-corrected chi connectivity index (χ3v) is 3.38. The molecule has 2 rings (SSSR count). The van der Waals surface area contributed by atoms with Gasteiger partial charge in [-0.1, -0.05) is 41.1 Å². The molecule has 0 aliphatic heterocycles. The van der Waals surface area contributed by atoms with E-state index < -0.39 is 0 Å². The summed E-state index contributed by atoms with van der Waals surface area (Å²) in [5, 5.41) is 1.05. The molecular weight excluding hydrogens is 256 g/mol. The Morgan fingerprint density at radius 3 is 2.82 bits per heavy atom. The van der Waals surface area contributed by atoms with Crippen LogP contribution in [0.5, 0.6) is 5.75 Å². The molecule has 1 aromatic heterocycles. The minimum absolute atomic E-state index is 0.331. The average Bonchev–Trinajstić information content (AvgIpc) is 2.29. The van der Waals surface area contributed by atoms with E-state index in [0.717, 1.165) is 9.92 Å². The normalized spacial score (nSPS) is 10.3. The van der Waals surface area contributed by atoms with Gasteiger partial charge in [-0.25, -0.2) is 9.97 Å². The fraction of sp³-hybridized carbons (Fsp3) is 0.167. The zero-order valence-electron chi connectivity index (χ0n) is 9.48. The predicted molar refractivity (Wildman–Crippen MR) is 68.9 cm³/mol. The molecule has 0 atom stereocenters. The first-order valence-electron chi connectivity index (χ1n) is 4.99. The first-order chi connectivity index (χ1) is 8.20. The number of halogens is 1. The summed E-state index contributed by atoms with van der Waals surface area (Å²) in [5.41, 5.74) is 1.20. The highest BCUT2D eigenvalue weighted by Gasteiger charge is 2.11. The quantitative estimate of drug-likeness (QED) is 0.795. The van der Waals surface area contributed by atoms with E-state index in [9.17, 15) is 0 Å². The lowest BCUT2D eigenvalue weighted by Gasteiger charge is -2.07. The van der Waals surface area contributed by atoms with Gasteiger partial charge in [-0.3, -0.25) is 0 Å². The average molecular weight is 267 g/mol. The van der Waals surface area contributed by atoms with Gasteiger partial charge in [0.1, 0.15) is 11.4 Å². The van der Waals surface area contributed by atoms with Gasteiger partial charge in [-0.2, -0.15) is 0 Å². The molecule has 0 amide bonds. The van der Waals surface area contributed by atoms with Crippen molar-refractivity contribution in [2.24, 2.45) is 0 Å². The van der Waals surface area contributed by atoms with Crippen LogP contribution in [0.4, 0.5) is 0 Å². The topological polar surface area (TPSA) is 35.0 Å². The van der Waals surface area contributed by atoms with E-state index in [2.05, 4.69) is 16.0 Å². The zero-order valence-corrected chi connectivity index (χ0v) is 11.0. The van der Waals surface area contributed by atoms with Gasteiger partial charge in [0.2, 0.25) is 0 Å². The summed E-state index contributed by atoms with van der Waals surface area (Å²) in [5.74, 6) is 0.515. The van der Waals surface area contributed by atoms with Gasteiger partial charge in [0.25, 0.3) is 0 Å². The van der Waals surface area contributed by atoms with E-state index in [1.165, 1.54) is 23.7 Å². The van der Waals surface area contributed by atoms with Crippen LogP contribution in [0.15, 0.2) is 40.5 Å². The molecule has 17 heavy (non-hydrogen) atoms. The molecule has 0 saturated carbocycles. The molecule has 88 valence electrons. The van der Waals surface area contributed by atoms with Crippen LogP contribution < -0.4 is 4.74 Å². The molecule has 0 fully saturated rings. The number of aryl methyl sites for hydroxylation is 1. The van der Waals surface area contributed by atoms with Crippen molar-refractivity contribution in [1.82, 2.24) is 9.97 Å². The molecule has 5 heteroatoms. The number of rotatable bonds is 3. The fourth-order valence-electron chi connectivity index (χ4n) is 1.37. The largest absolute Gasteiger partial charge is 0.491 e. The van der Waals surface area contributed by atoms with Crippen LogP contribution in [0.25, 0.3) is 0 Å². The van der Waals surface area contributed by atoms with E-state index >= 15 is 0 Å². The molecule has 2 aromatic rings. The molecule has 0 unspecified atom stereocenters. The van der Waals surface area contributed by atoms with Crippen molar-refractivity contribution >= 4 is 23.4 Å². The Morgan fingerprint density at radius 2 is 2.12 bits per heavy atom. The number of nitrogens with zero attached hydrogens (tertiary/aromatic N) is 2. The van der Waals surface area contributed by atoms with Gasteiger partial charge in [-0.05, 0) is 19.1 Å². The summed E-state index contributed by atoms with van der Waals surface area (Å²) < 4.78 is 5.20. The molecule has 0 N–H and O–H groups in total. The Kier molecular flexibility index (Phi) is 3.86. The third-order valence-electron chi connectivity index (χ3n) is 2.14. The molecule has 0 bridgehead atoms. The summed E-state index contributed by atoms with van der Waals surface area (Å²) in [7, 11) is 1.56. The van der Waals surface area contributed by atoms with Crippen LogP contribution in [0.3, 0.4) is 0 Å². The summed E-state index contributed by atoms with van der Waals surface area (Å²) in [4.78, 5) is 9.16. The molecule has 0 spiro atoms. The lowest BCUT2D eigenvalue weighted by molar-refractivity contribution is 0.398. The molecule has 0 aliphatic carbocycles. The molecule has 0 saturated heterocycles. The SMILES string of the molecule is COc1c(Cl)ncnc1Sc1cccc(C)c1. The summed E-state index contributed by atoms with van der Waals surface area (Å²) in [6.07, 6.45) is 1.43. The van der Waals surface area contributed by atoms with Crippen molar-refractivity contribution in [1.29, 1.82) is 0 Å². The molecule has 1 aromatic carbocycles. The molecule has 0 radical (unpaired) electrons. The first-order valence-corrected chi connectivity index (χ1v) is 6.19. The van der Waals surface area contributed by atoms with Crippen molar-refractivity contribution < 1.29 is 4.74 Å². The Morgan fingerprint density at radius 1 is 1.29 bits per heavy atom. The highest BCUT2D eigenvalue weighted by Crippen LogP contribution is 2.36. The van der Waals surface area contributed by atoms with Gasteiger partial charge in [0.15, 0.2) is 10.9 Å². The smallest absolute Gasteiger partial charge is 0.188 e. The maximum absolute atomic E-state index is 5.94. The van der Waals surface area contributed by atoms with Crippen molar-refractivity contribution in [3.05, 3.63) is 41.3 Å². The number of ether oxygens (including phenoxy) is 1. The van der Waals surface area contributed by atoms with Gasteiger partial charge in [-0.15, -0.1) is 0 Å². The van der Waals surface area contributed by atoms with Crippen molar-refractivity contribution in [2.45, 2.75) is 16.8 Å². The van der Waals surface area contributed by atoms with E-state index in [4.69, 9.17) is 16.3 Å². The van der Waals surface area contributed by atoms with Gasteiger partial charge in [0.05, 0.1) is 7.11 Å². The second-order valence-electron chi connectivity index (χ2n) is 3.42. The molecule has 1 heterocycles. The van der Waals surface area contributed by atoms with Crippen LogP contribution in [-0.4, -0.2) is 17.1 Å². The molecule has 0 aliphatic rings. The number of hydrogen-bond acceptors (Lipinski definition) is 4. The number of methoxy groups -OCH3 is 1. The maximum atomic E-state index is 5.94. The van der Waals surface area contributed by atoms with Crippen LogP contribution in [-0.2, 0) is 0 Å². The second-order valence-corrected chi connectivity index (χ2v) is 4.84. The summed E-state index contributed by atoms with van der Waals surface area (Å²) in [6.45, 7) is 2.05. The van der Waals surface area contributed by atoms with E-state index in [0.29, 0.717) is 10.9 Å². The van der Waals surface area contributed by atoms with Gasteiger partial charge >= 0.3 is 0 Å². The Hall–Kier alpha value is -1.26. The molecule has 3 nitrogen and oxygen atoms in total. The summed E-state index contributed by atoms with van der Waals surface area (Å²) >= 11 is 7.44. The highest BCUT2D eigenvalue weighted by atomic mass is 35.5. The second kappa shape index (κ2) is 5.38. The lowest BCUT2D eigenvalue weighted by atomic mass is 10.2. The molecular formula is C12H11ClN2OS. The van der Waals surface area contributed by atoms with Crippen LogP contribution in [0.2, 0.25) is 5.15 Å². The first kappa shape index (κ1) is 12.2. The van der Waals surface area contributed by atoms with Gasteiger partial charge in [0, 0.05) is 4.90 Å². The number of hydrogen-bond donors (Lipinski definition) is 0. The van der Waals surface area contributed by atoms with Crippen LogP contribution >= 0.6 is 23.4 Å².